The van der Waals surface area contributed by atoms with Gasteiger partial charge in [-0.25, -0.2) is 10.4 Å². The number of imidazole rings is 1. The topological polar surface area (TPSA) is 109 Å². The number of carbonyl (C=O) groups is 1. The first-order chi connectivity index (χ1) is 15.1. The Kier molecular flexibility index (Phi) is 5.53. The van der Waals surface area contributed by atoms with E-state index in [0.717, 1.165) is 0 Å². The molecule has 0 aliphatic rings. The zero-order valence-electron chi connectivity index (χ0n) is 16.9. The second kappa shape index (κ2) is 8.58. The SMILES string of the molecule is COc1ccc(OC)c(/C=N/NC(=O)c2ccc3nc(-c4ccccc4O)[nH]c3c2)c1. The summed E-state index contributed by atoms with van der Waals surface area (Å²) in [5.74, 6) is 1.53. The van der Waals surface area contributed by atoms with Gasteiger partial charge in [-0.1, -0.05) is 12.1 Å². The zero-order chi connectivity index (χ0) is 21.8. The van der Waals surface area contributed by atoms with Gasteiger partial charge in [0, 0.05) is 11.1 Å². The number of nitrogens with one attached hydrogen (secondary N) is 2. The largest absolute Gasteiger partial charge is 0.507 e. The average Bonchev–Trinajstić information content (AvgIpc) is 3.22. The van der Waals surface area contributed by atoms with Crippen LogP contribution in [-0.2, 0) is 0 Å². The van der Waals surface area contributed by atoms with Gasteiger partial charge in [0.05, 0.1) is 37.0 Å². The molecular weight excluding hydrogens is 396 g/mol. The number of hydrazone groups is 1. The molecule has 0 bridgehead atoms. The third-order valence-corrected chi connectivity index (χ3v) is 4.71. The molecule has 3 N–H and O–H groups in total. The molecule has 4 rings (SSSR count). The fourth-order valence-corrected chi connectivity index (χ4v) is 3.12. The Bertz CT molecular complexity index is 1280. The molecule has 0 unspecified atom stereocenters. The molecule has 0 fully saturated rings. The normalized spacial score (nSPS) is 11.0. The van der Waals surface area contributed by atoms with Crippen LogP contribution in [0.5, 0.6) is 17.2 Å². The van der Waals surface area contributed by atoms with Crippen LogP contribution in [0, 0.1) is 0 Å². The minimum absolute atomic E-state index is 0.127. The van der Waals surface area contributed by atoms with Gasteiger partial charge < -0.3 is 19.6 Å². The Balaban J connectivity index is 1.53. The first kappa shape index (κ1) is 20.0. The van der Waals surface area contributed by atoms with Gasteiger partial charge in [0.1, 0.15) is 23.1 Å². The van der Waals surface area contributed by atoms with E-state index in [1.807, 2.05) is 6.07 Å². The summed E-state index contributed by atoms with van der Waals surface area (Å²) in [6.07, 6.45) is 1.49. The number of fused-ring (bicyclic) bond motifs is 1. The number of aromatic hydroxyl groups is 1. The Morgan fingerprint density at radius 2 is 1.94 bits per heavy atom. The molecule has 0 aliphatic carbocycles. The molecule has 31 heavy (non-hydrogen) atoms. The predicted molar refractivity (Wildman–Crippen MR) is 118 cm³/mol. The van der Waals surface area contributed by atoms with E-state index in [-0.39, 0.29) is 11.7 Å². The summed E-state index contributed by atoms with van der Waals surface area (Å²) in [5.41, 5.74) is 5.52. The summed E-state index contributed by atoms with van der Waals surface area (Å²) in [4.78, 5) is 20.1. The third kappa shape index (κ3) is 4.18. The molecule has 3 aromatic carbocycles. The summed E-state index contributed by atoms with van der Waals surface area (Å²) < 4.78 is 10.5. The van der Waals surface area contributed by atoms with Gasteiger partial charge in [-0.05, 0) is 48.5 Å². The lowest BCUT2D eigenvalue weighted by atomic mass is 10.2. The number of benzene rings is 3. The average molecular weight is 416 g/mol. The standard InChI is InChI=1S/C23H20N4O4/c1-30-16-8-10-21(31-2)15(11-16)13-24-27-23(29)14-7-9-18-19(12-14)26-22(25-18)17-5-3-4-6-20(17)28/h3-13,28H,1-2H3,(H,25,26)(H,27,29)/b24-13+. The molecule has 8 heteroatoms. The number of aromatic nitrogens is 2. The van der Waals surface area contributed by atoms with E-state index in [1.165, 1.54) is 6.21 Å². The van der Waals surface area contributed by atoms with Crippen molar-refractivity contribution in [1.82, 2.24) is 15.4 Å². The molecule has 156 valence electrons. The molecular formula is C23H20N4O4. The van der Waals surface area contributed by atoms with Crippen LogP contribution in [0.3, 0.4) is 0 Å². The summed E-state index contributed by atoms with van der Waals surface area (Å²) in [7, 11) is 3.13. The van der Waals surface area contributed by atoms with Gasteiger partial charge in [0.25, 0.3) is 5.91 Å². The lowest BCUT2D eigenvalue weighted by molar-refractivity contribution is 0.0955. The van der Waals surface area contributed by atoms with Crippen LogP contribution in [0.25, 0.3) is 22.4 Å². The van der Waals surface area contributed by atoms with Gasteiger partial charge in [-0.3, -0.25) is 4.79 Å². The van der Waals surface area contributed by atoms with Gasteiger partial charge in [0.2, 0.25) is 0 Å². The van der Waals surface area contributed by atoms with Gasteiger partial charge in [-0.15, -0.1) is 0 Å². The molecule has 0 saturated heterocycles. The second-order valence-electron chi connectivity index (χ2n) is 6.64. The highest BCUT2D eigenvalue weighted by atomic mass is 16.5. The Hall–Kier alpha value is -4.33. The number of hydrogen-bond acceptors (Lipinski definition) is 6. The van der Waals surface area contributed by atoms with Crippen molar-refractivity contribution in [2.45, 2.75) is 0 Å². The smallest absolute Gasteiger partial charge is 0.271 e. The fourth-order valence-electron chi connectivity index (χ4n) is 3.12. The number of para-hydroxylation sites is 1. The third-order valence-electron chi connectivity index (χ3n) is 4.71. The molecule has 4 aromatic rings. The van der Waals surface area contributed by atoms with Crippen molar-refractivity contribution in [3.05, 3.63) is 71.8 Å². The van der Waals surface area contributed by atoms with Crippen LogP contribution in [0.4, 0.5) is 0 Å². The summed E-state index contributed by atoms with van der Waals surface area (Å²) in [5, 5.41) is 14.1. The number of phenolic OH excluding ortho intramolecular Hbond substituents is 1. The number of nitrogens with zero attached hydrogens (tertiary/aromatic N) is 2. The quantitative estimate of drug-likeness (QED) is 0.328. The van der Waals surface area contributed by atoms with Crippen LogP contribution in [0.15, 0.2) is 65.8 Å². The monoisotopic (exact) mass is 416 g/mol. The van der Waals surface area contributed by atoms with Crippen LogP contribution in [-0.4, -0.2) is 41.4 Å². The van der Waals surface area contributed by atoms with E-state index < -0.39 is 0 Å². The van der Waals surface area contributed by atoms with Crippen molar-refractivity contribution >= 4 is 23.2 Å². The van der Waals surface area contributed by atoms with Crippen LogP contribution < -0.4 is 14.9 Å². The van der Waals surface area contributed by atoms with E-state index in [0.29, 0.717) is 45.0 Å². The number of aromatic amines is 1. The summed E-state index contributed by atoms with van der Waals surface area (Å²) in [6.45, 7) is 0. The van der Waals surface area contributed by atoms with Gasteiger partial charge in [0.15, 0.2) is 0 Å². The molecule has 1 amide bonds. The number of ether oxygens (including phenoxy) is 2. The van der Waals surface area contributed by atoms with Crippen molar-refractivity contribution in [2.75, 3.05) is 14.2 Å². The van der Waals surface area contributed by atoms with Gasteiger partial charge >= 0.3 is 0 Å². The summed E-state index contributed by atoms with van der Waals surface area (Å²) >= 11 is 0. The fraction of sp³-hybridized carbons (Fsp3) is 0.0870. The van der Waals surface area contributed by atoms with Crippen molar-refractivity contribution in [2.24, 2.45) is 5.10 Å². The van der Waals surface area contributed by atoms with Crippen LogP contribution >= 0.6 is 0 Å². The van der Waals surface area contributed by atoms with E-state index in [9.17, 15) is 9.90 Å². The Morgan fingerprint density at radius 1 is 1.10 bits per heavy atom. The van der Waals surface area contributed by atoms with Crippen LogP contribution in [0.1, 0.15) is 15.9 Å². The second-order valence-corrected chi connectivity index (χ2v) is 6.64. The van der Waals surface area contributed by atoms with Crippen molar-refractivity contribution < 1.29 is 19.4 Å². The van der Waals surface area contributed by atoms with Crippen molar-refractivity contribution in [3.8, 4) is 28.6 Å². The minimum Gasteiger partial charge on any atom is -0.507 e. The molecule has 1 heterocycles. The zero-order valence-corrected chi connectivity index (χ0v) is 16.9. The Morgan fingerprint density at radius 3 is 2.71 bits per heavy atom. The lowest BCUT2D eigenvalue weighted by Gasteiger charge is -2.06. The van der Waals surface area contributed by atoms with Crippen LogP contribution in [0.2, 0.25) is 0 Å². The molecule has 0 spiro atoms. The minimum atomic E-state index is -0.376. The number of methoxy groups -OCH3 is 2. The molecule has 0 aliphatic heterocycles. The van der Waals surface area contributed by atoms with E-state index in [1.54, 1.807) is 68.8 Å². The molecule has 0 atom stereocenters. The molecule has 0 radical (unpaired) electrons. The molecule has 8 nitrogen and oxygen atoms in total. The summed E-state index contributed by atoms with van der Waals surface area (Å²) in [6, 6.07) is 17.3. The maximum Gasteiger partial charge on any atom is 0.271 e. The maximum absolute atomic E-state index is 12.5. The number of carbonyl (C=O) groups excluding carboxylic acids is 1. The lowest BCUT2D eigenvalue weighted by Crippen LogP contribution is -2.17. The highest BCUT2D eigenvalue weighted by molar-refractivity contribution is 5.98. The number of hydrogen-bond donors (Lipinski definition) is 3. The first-order valence-electron chi connectivity index (χ1n) is 9.42. The number of amides is 1. The highest BCUT2D eigenvalue weighted by Crippen LogP contribution is 2.28. The van der Waals surface area contributed by atoms with Gasteiger partial charge in [-0.2, -0.15) is 5.10 Å². The number of phenols is 1. The molecule has 0 saturated carbocycles. The van der Waals surface area contributed by atoms with E-state index >= 15 is 0 Å². The van der Waals surface area contributed by atoms with E-state index in [2.05, 4.69) is 20.5 Å². The maximum atomic E-state index is 12.5. The number of rotatable bonds is 6. The Labute approximate surface area is 178 Å². The predicted octanol–water partition coefficient (Wildman–Crippen LogP) is 3.72. The van der Waals surface area contributed by atoms with E-state index in [4.69, 9.17) is 9.47 Å². The van der Waals surface area contributed by atoms with Crippen molar-refractivity contribution in [3.63, 3.8) is 0 Å². The molecule has 1 aromatic heterocycles. The number of H-pyrrole nitrogens is 1. The van der Waals surface area contributed by atoms with Crippen molar-refractivity contribution in [1.29, 1.82) is 0 Å². The first-order valence-corrected chi connectivity index (χ1v) is 9.42. The highest BCUT2D eigenvalue weighted by Gasteiger charge is 2.12.